The third-order valence-electron chi connectivity index (χ3n) is 3.71. The zero-order valence-corrected chi connectivity index (χ0v) is 11.6. The van der Waals surface area contributed by atoms with Gasteiger partial charge < -0.3 is 15.3 Å². The zero-order valence-electron chi connectivity index (χ0n) is 11.6. The fourth-order valence-electron chi connectivity index (χ4n) is 2.45. The van der Waals surface area contributed by atoms with E-state index in [1.807, 2.05) is 12.1 Å². The average molecular weight is 276 g/mol. The van der Waals surface area contributed by atoms with Gasteiger partial charge in [-0.05, 0) is 30.4 Å². The minimum Gasteiger partial charge on any atom is -0.480 e. The molecule has 1 heterocycles. The molecule has 2 rings (SSSR count). The smallest absolute Gasteiger partial charge is 0.326 e. The number of amides is 2. The summed E-state index contributed by atoms with van der Waals surface area (Å²) in [7, 11) is 0. The van der Waals surface area contributed by atoms with Gasteiger partial charge in [-0.1, -0.05) is 31.2 Å². The Morgan fingerprint density at radius 2 is 1.80 bits per heavy atom. The Hall–Kier alpha value is -2.04. The maximum atomic E-state index is 12.1. The minimum absolute atomic E-state index is 0.285. The van der Waals surface area contributed by atoms with Gasteiger partial charge in [0.1, 0.15) is 6.04 Å². The number of benzene rings is 1. The van der Waals surface area contributed by atoms with Crippen LogP contribution in [0.2, 0.25) is 0 Å². The van der Waals surface area contributed by atoms with Gasteiger partial charge in [0.05, 0.1) is 0 Å². The van der Waals surface area contributed by atoms with E-state index in [-0.39, 0.29) is 6.03 Å². The van der Waals surface area contributed by atoms with E-state index in [1.54, 1.807) is 11.8 Å². The van der Waals surface area contributed by atoms with E-state index in [0.717, 1.165) is 12.8 Å². The molecule has 0 radical (unpaired) electrons. The van der Waals surface area contributed by atoms with Crippen molar-refractivity contribution in [2.75, 3.05) is 13.1 Å². The van der Waals surface area contributed by atoms with Crippen molar-refractivity contribution in [3.05, 3.63) is 35.4 Å². The van der Waals surface area contributed by atoms with Crippen molar-refractivity contribution in [3.63, 3.8) is 0 Å². The van der Waals surface area contributed by atoms with Crippen molar-refractivity contribution in [3.8, 4) is 0 Å². The molecule has 0 saturated carbocycles. The highest BCUT2D eigenvalue weighted by Crippen LogP contribution is 2.15. The molecule has 2 N–H and O–H groups in total. The van der Waals surface area contributed by atoms with Crippen molar-refractivity contribution in [1.82, 2.24) is 10.2 Å². The number of nitrogens with zero attached hydrogens (tertiary/aromatic N) is 1. The first-order chi connectivity index (χ1) is 9.61. The molecule has 0 unspecified atom stereocenters. The molecular weight excluding hydrogens is 256 g/mol. The van der Waals surface area contributed by atoms with Crippen LogP contribution in [0.15, 0.2) is 24.3 Å². The lowest BCUT2D eigenvalue weighted by Crippen LogP contribution is -2.48. The Balaban J connectivity index is 1.98. The number of aliphatic carboxylic acids is 1. The van der Waals surface area contributed by atoms with Crippen LogP contribution in [-0.4, -0.2) is 41.1 Å². The Morgan fingerprint density at radius 3 is 2.25 bits per heavy atom. The van der Waals surface area contributed by atoms with E-state index >= 15 is 0 Å². The Bertz CT molecular complexity index is 475. The van der Waals surface area contributed by atoms with Gasteiger partial charge in [-0.15, -0.1) is 0 Å². The van der Waals surface area contributed by atoms with E-state index in [9.17, 15) is 9.59 Å². The molecule has 0 aliphatic carbocycles. The Kier molecular flexibility index (Phi) is 4.61. The maximum Gasteiger partial charge on any atom is 0.326 e. The Labute approximate surface area is 118 Å². The summed E-state index contributed by atoms with van der Waals surface area (Å²) in [6.07, 6.45) is 2.01. The van der Waals surface area contributed by atoms with Gasteiger partial charge in [0, 0.05) is 13.1 Å². The maximum absolute atomic E-state index is 12.1. The second-order valence-corrected chi connectivity index (χ2v) is 5.00. The summed E-state index contributed by atoms with van der Waals surface area (Å²) in [5.74, 6) is -0.987. The topological polar surface area (TPSA) is 69.6 Å². The van der Waals surface area contributed by atoms with E-state index in [1.165, 1.54) is 11.1 Å². The van der Waals surface area contributed by atoms with Crippen LogP contribution in [0.1, 0.15) is 24.5 Å². The van der Waals surface area contributed by atoms with Crippen LogP contribution in [0, 0.1) is 0 Å². The third-order valence-corrected chi connectivity index (χ3v) is 3.71. The van der Waals surface area contributed by atoms with Crippen LogP contribution in [-0.2, 0) is 17.6 Å². The van der Waals surface area contributed by atoms with E-state index in [4.69, 9.17) is 5.11 Å². The van der Waals surface area contributed by atoms with Gasteiger partial charge in [0.2, 0.25) is 0 Å². The van der Waals surface area contributed by atoms with E-state index in [0.29, 0.717) is 19.5 Å². The van der Waals surface area contributed by atoms with Crippen LogP contribution in [0.25, 0.3) is 0 Å². The van der Waals surface area contributed by atoms with E-state index < -0.39 is 12.0 Å². The molecule has 0 fully saturated rings. The number of carbonyl (C=O) groups is 2. The molecule has 1 aromatic rings. The number of hydrogen-bond donors (Lipinski definition) is 2. The number of carboxylic acids is 1. The summed E-state index contributed by atoms with van der Waals surface area (Å²) in [5.41, 5.74) is 2.54. The number of hydrogen-bond acceptors (Lipinski definition) is 2. The van der Waals surface area contributed by atoms with Gasteiger partial charge in [-0.2, -0.15) is 0 Å². The number of carbonyl (C=O) groups excluding carboxylic acids is 1. The van der Waals surface area contributed by atoms with Crippen molar-refractivity contribution in [2.24, 2.45) is 0 Å². The number of rotatable bonds is 3. The summed E-state index contributed by atoms with van der Waals surface area (Å²) in [6.45, 7) is 3.00. The van der Waals surface area contributed by atoms with E-state index in [2.05, 4.69) is 17.4 Å². The van der Waals surface area contributed by atoms with Crippen molar-refractivity contribution in [2.45, 2.75) is 32.2 Å². The summed E-state index contributed by atoms with van der Waals surface area (Å²) in [6, 6.07) is 7.09. The summed E-state index contributed by atoms with van der Waals surface area (Å²) >= 11 is 0. The first-order valence-electron chi connectivity index (χ1n) is 6.97. The van der Waals surface area contributed by atoms with Gasteiger partial charge >= 0.3 is 12.0 Å². The molecule has 108 valence electrons. The molecule has 1 aromatic carbocycles. The van der Waals surface area contributed by atoms with Crippen LogP contribution < -0.4 is 5.32 Å². The zero-order chi connectivity index (χ0) is 14.5. The molecule has 0 saturated heterocycles. The number of fused-ring (bicyclic) bond motifs is 1. The van der Waals surface area contributed by atoms with Gasteiger partial charge in [-0.3, -0.25) is 0 Å². The molecule has 0 bridgehead atoms. The van der Waals surface area contributed by atoms with Crippen molar-refractivity contribution in [1.29, 1.82) is 0 Å². The number of nitrogens with one attached hydrogen (secondary N) is 1. The lowest BCUT2D eigenvalue weighted by molar-refractivity contribution is -0.139. The minimum atomic E-state index is -0.987. The average Bonchev–Trinajstić information content (AvgIpc) is 2.66. The lowest BCUT2D eigenvalue weighted by atomic mass is 10.0. The van der Waals surface area contributed by atoms with Gasteiger partial charge in [0.25, 0.3) is 0 Å². The largest absolute Gasteiger partial charge is 0.480 e. The molecule has 0 aromatic heterocycles. The molecule has 5 nitrogen and oxygen atoms in total. The molecule has 1 atom stereocenters. The summed E-state index contributed by atoms with van der Waals surface area (Å²) < 4.78 is 0. The highest BCUT2D eigenvalue weighted by molar-refractivity contribution is 5.82. The predicted molar refractivity (Wildman–Crippen MR) is 75.7 cm³/mol. The summed E-state index contributed by atoms with van der Waals surface area (Å²) in [4.78, 5) is 24.8. The molecule has 2 amide bonds. The normalized spacial score (nSPS) is 15.9. The first kappa shape index (κ1) is 14.4. The molecule has 0 spiro atoms. The van der Waals surface area contributed by atoms with Crippen LogP contribution in [0.3, 0.4) is 0 Å². The molecule has 20 heavy (non-hydrogen) atoms. The monoisotopic (exact) mass is 276 g/mol. The fourth-order valence-corrected chi connectivity index (χ4v) is 2.45. The fraction of sp³-hybridized carbons (Fsp3) is 0.467. The van der Waals surface area contributed by atoms with Crippen LogP contribution in [0.4, 0.5) is 4.79 Å². The molecule has 1 aliphatic rings. The lowest BCUT2D eigenvalue weighted by Gasteiger charge is -2.23. The molecule has 5 heteroatoms. The number of carboxylic acid groups (broad SMARTS) is 1. The predicted octanol–water partition coefficient (Wildman–Crippen LogP) is 1.66. The highest BCUT2D eigenvalue weighted by atomic mass is 16.4. The molecule has 1 aliphatic heterocycles. The van der Waals surface area contributed by atoms with Crippen LogP contribution in [0.5, 0.6) is 0 Å². The highest BCUT2D eigenvalue weighted by Gasteiger charge is 2.23. The standard InChI is InChI=1S/C15H20N2O3/c1-2-13(14(18)19)16-15(20)17-9-7-11-5-3-4-6-12(11)8-10-17/h3-6,13H,2,7-10H2,1H3,(H,16,20)(H,18,19)/t13-/m1/s1. The second kappa shape index (κ2) is 6.41. The SMILES string of the molecule is CC[C@@H](NC(=O)N1CCc2ccccc2CC1)C(=O)O. The number of urea groups is 1. The first-order valence-corrected chi connectivity index (χ1v) is 6.97. The second-order valence-electron chi connectivity index (χ2n) is 5.00. The Morgan fingerprint density at radius 1 is 1.25 bits per heavy atom. The quantitative estimate of drug-likeness (QED) is 0.882. The van der Waals surface area contributed by atoms with Crippen LogP contribution >= 0.6 is 0 Å². The molecular formula is C15H20N2O3. The third kappa shape index (κ3) is 3.29. The summed E-state index contributed by atoms with van der Waals surface area (Å²) in [5, 5.41) is 11.6. The van der Waals surface area contributed by atoms with Gasteiger partial charge in [-0.25, -0.2) is 9.59 Å². The van der Waals surface area contributed by atoms with Crippen molar-refractivity contribution < 1.29 is 14.7 Å². The van der Waals surface area contributed by atoms with Crippen molar-refractivity contribution >= 4 is 12.0 Å². The van der Waals surface area contributed by atoms with Gasteiger partial charge in [0.15, 0.2) is 0 Å².